The van der Waals surface area contributed by atoms with Crippen molar-refractivity contribution < 1.29 is 4.79 Å². The van der Waals surface area contributed by atoms with Crippen molar-refractivity contribution in [3.05, 3.63) is 23.8 Å². The molecule has 1 rings (SSSR count). The van der Waals surface area contributed by atoms with Crippen LogP contribution in [0.25, 0.3) is 0 Å². The van der Waals surface area contributed by atoms with E-state index in [1.54, 1.807) is 0 Å². The monoisotopic (exact) mass is 294 g/mol. The normalized spacial score (nSPS) is 12.6. The average Bonchev–Trinajstić information content (AvgIpc) is 2.36. The minimum Gasteiger partial charge on any atom is -0.336 e. The number of benzene rings is 1. The predicted molar refractivity (Wildman–Crippen MR) is 90.8 cm³/mol. The van der Waals surface area contributed by atoms with E-state index in [-0.39, 0.29) is 20.0 Å². The average molecular weight is 294 g/mol. The van der Waals surface area contributed by atoms with Gasteiger partial charge >= 0.3 is 6.03 Å². The minimum absolute atomic E-state index is 0.127. The number of hydrogen-bond acceptors (Lipinski definition) is 1. The zero-order chi connectivity index (χ0) is 15.3. The van der Waals surface area contributed by atoms with Gasteiger partial charge in [0, 0.05) is 6.04 Å². The molecule has 0 saturated carbocycles. The van der Waals surface area contributed by atoms with Gasteiger partial charge in [0.05, 0.1) is 5.69 Å². The van der Waals surface area contributed by atoms with Crippen LogP contribution in [0.15, 0.2) is 18.2 Å². The highest BCUT2D eigenvalue weighted by molar-refractivity contribution is 7.65. The summed E-state index contributed by atoms with van der Waals surface area (Å²) in [6.45, 7) is 12.8. The summed E-state index contributed by atoms with van der Waals surface area (Å²) in [5.41, 5.74) is 2.28. The lowest BCUT2D eigenvalue weighted by Crippen LogP contribution is -2.35. The smallest absolute Gasteiger partial charge is 0.319 e. The summed E-state index contributed by atoms with van der Waals surface area (Å²) in [5, 5.41) is 7.14. The van der Waals surface area contributed by atoms with Gasteiger partial charge in [-0.1, -0.05) is 34.8 Å². The Bertz CT molecular complexity index is 458. The Morgan fingerprint density at radius 2 is 1.90 bits per heavy atom. The molecule has 0 aromatic heterocycles. The van der Waals surface area contributed by atoms with E-state index in [4.69, 9.17) is 0 Å². The summed E-state index contributed by atoms with van der Waals surface area (Å²) in [4.78, 5) is 11.9. The molecule has 0 radical (unpaired) electrons. The number of rotatable bonds is 5. The van der Waals surface area contributed by atoms with E-state index >= 15 is 0 Å². The fraction of sp³-hybridized carbons (Fsp3) is 0.562. The molecule has 0 heterocycles. The Labute approximate surface area is 124 Å². The summed E-state index contributed by atoms with van der Waals surface area (Å²) in [6, 6.07) is 6.42. The van der Waals surface area contributed by atoms with Crippen molar-refractivity contribution in [2.45, 2.75) is 46.6 Å². The van der Waals surface area contributed by atoms with Gasteiger partial charge in [0.2, 0.25) is 0 Å². The number of amides is 2. The Morgan fingerprint density at radius 1 is 1.25 bits per heavy atom. The SMILES string of the molecule is CCP(C)c1cc(C(C)C)ccc1NC(=O)NC(C)C. The lowest BCUT2D eigenvalue weighted by atomic mass is 10.0. The molecular weight excluding hydrogens is 267 g/mol. The molecule has 0 bridgehead atoms. The van der Waals surface area contributed by atoms with Crippen LogP contribution in [0.1, 0.15) is 46.1 Å². The molecule has 112 valence electrons. The van der Waals surface area contributed by atoms with E-state index < -0.39 is 0 Å². The first-order chi connectivity index (χ1) is 9.35. The zero-order valence-electron chi connectivity index (χ0n) is 13.4. The Morgan fingerprint density at radius 3 is 2.40 bits per heavy atom. The van der Waals surface area contributed by atoms with E-state index in [9.17, 15) is 4.79 Å². The summed E-state index contributed by atoms with van der Waals surface area (Å²) < 4.78 is 0. The first kappa shape index (κ1) is 17.0. The first-order valence-electron chi connectivity index (χ1n) is 7.27. The summed E-state index contributed by atoms with van der Waals surface area (Å²) >= 11 is 0. The molecule has 0 saturated heterocycles. The molecule has 4 heteroatoms. The molecule has 0 aliphatic carbocycles. The molecule has 1 aromatic carbocycles. The van der Waals surface area contributed by atoms with Crippen molar-refractivity contribution in [3.63, 3.8) is 0 Å². The number of nitrogens with one attached hydrogen (secondary N) is 2. The van der Waals surface area contributed by atoms with Crippen LogP contribution in [0.3, 0.4) is 0 Å². The van der Waals surface area contributed by atoms with Gasteiger partial charge in [0.25, 0.3) is 0 Å². The maximum absolute atomic E-state index is 11.9. The van der Waals surface area contributed by atoms with Crippen molar-refractivity contribution in [1.82, 2.24) is 5.32 Å². The highest BCUT2D eigenvalue weighted by atomic mass is 31.1. The summed E-state index contributed by atoms with van der Waals surface area (Å²) in [6.07, 6.45) is 1.12. The maximum Gasteiger partial charge on any atom is 0.319 e. The molecule has 2 N–H and O–H groups in total. The molecular formula is C16H27N2OP. The molecule has 20 heavy (non-hydrogen) atoms. The molecule has 1 aromatic rings. The molecule has 0 spiro atoms. The van der Waals surface area contributed by atoms with Gasteiger partial charge in [-0.05, 0) is 55.6 Å². The van der Waals surface area contributed by atoms with Crippen molar-refractivity contribution >= 4 is 24.9 Å². The largest absolute Gasteiger partial charge is 0.336 e. The summed E-state index contributed by atoms with van der Waals surface area (Å²) in [7, 11) is -0.229. The Balaban J connectivity index is 3.02. The van der Waals surface area contributed by atoms with E-state index in [1.807, 2.05) is 19.9 Å². The molecule has 2 amide bonds. The number of carbonyl (C=O) groups excluding carboxylic acids is 1. The van der Waals surface area contributed by atoms with Crippen LogP contribution < -0.4 is 15.9 Å². The van der Waals surface area contributed by atoms with E-state index in [2.05, 4.69) is 50.2 Å². The predicted octanol–water partition coefficient (Wildman–Crippen LogP) is 4.10. The number of urea groups is 1. The van der Waals surface area contributed by atoms with E-state index in [1.165, 1.54) is 10.9 Å². The van der Waals surface area contributed by atoms with Gasteiger partial charge < -0.3 is 10.6 Å². The first-order valence-corrected chi connectivity index (χ1v) is 9.25. The second kappa shape index (κ2) is 7.64. The Hall–Kier alpha value is -1.08. The summed E-state index contributed by atoms with van der Waals surface area (Å²) in [5.74, 6) is 0.507. The van der Waals surface area contributed by atoms with Gasteiger partial charge in [0.1, 0.15) is 0 Å². The molecule has 0 aliphatic heterocycles. The lowest BCUT2D eigenvalue weighted by molar-refractivity contribution is 0.250. The number of hydrogen-bond donors (Lipinski definition) is 2. The van der Waals surface area contributed by atoms with Crippen LogP contribution in [-0.4, -0.2) is 24.9 Å². The van der Waals surface area contributed by atoms with E-state index in [0.717, 1.165) is 11.8 Å². The second-order valence-electron chi connectivity index (χ2n) is 5.70. The van der Waals surface area contributed by atoms with Crippen LogP contribution in [0.2, 0.25) is 0 Å². The second-order valence-corrected chi connectivity index (χ2v) is 8.21. The van der Waals surface area contributed by atoms with Crippen molar-refractivity contribution in [2.75, 3.05) is 18.1 Å². The van der Waals surface area contributed by atoms with Crippen molar-refractivity contribution in [3.8, 4) is 0 Å². The topological polar surface area (TPSA) is 41.1 Å². The Kier molecular flexibility index (Phi) is 6.48. The van der Waals surface area contributed by atoms with Crippen LogP contribution in [0, 0.1) is 0 Å². The van der Waals surface area contributed by atoms with E-state index in [0.29, 0.717) is 5.92 Å². The van der Waals surface area contributed by atoms with Gasteiger partial charge in [-0.2, -0.15) is 0 Å². The van der Waals surface area contributed by atoms with Gasteiger partial charge in [-0.3, -0.25) is 0 Å². The quantitative estimate of drug-likeness (QED) is 0.789. The van der Waals surface area contributed by atoms with Crippen LogP contribution in [0.4, 0.5) is 10.5 Å². The van der Waals surface area contributed by atoms with Crippen molar-refractivity contribution in [1.29, 1.82) is 0 Å². The fourth-order valence-corrected chi connectivity index (χ4v) is 3.17. The zero-order valence-corrected chi connectivity index (χ0v) is 14.3. The van der Waals surface area contributed by atoms with Crippen molar-refractivity contribution in [2.24, 2.45) is 0 Å². The fourth-order valence-electron chi connectivity index (χ4n) is 1.92. The molecule has 0 fully saturated rings. The third-order valence-electron chi connectivity index (χ3n) is 3.24. The lowest BCUT2D eigenvalue weighted by Gasteiger charge is -2.19. The molecule has 1 unspecified atom stereocenters. The standard InChI is InChI=1S/C16H27N2OP/c1-7-20(6)15-10-13(11(2)3)8-9-14(15)18-16(19)17-12(4)5/h8-12H,7H2,1-6H3,(H2,17,18,19). The van der Waals surface area contributed by atoms with Gasteiger partial charge in [-0.15, -0.1) is 0 Å². The van der Waals surface area contributed by atoms with Crippen LogP contribution in [0.5, 0.6) is 0 Å². The third kappa shape index (κ3) is 4.79. The number of carbonyl (C=O) groups is 1. The molecule has 1 atom stereocenters. The van der Waals surface area contributed by atoms with Crippen LogP contribution in [-0.2, 0) is 0 Å². The van der Waals surface area contributed by atoms with Crippen LogP contribution >= 0.6 is 7.92 Å². The molecule has 0 aliphatic rings. The number of anilines is 1. The van der Waals surface area contributed by atoms with Gasteiger partial charge in [-0.25, -0.2) is 4.79 Å². The maximum atomic E-state index is 11.9. The highest BCUT2D eigenvalue weighted by Gasteiger charge is 2.13. The van der Waals surface area contributed by atoms with Gasteiger partial charge in [0.15, 0.2) is 0 Å². The third-order valence-corrected chi connectivity index (χ3v) is 5.38. The minimum atomic E-state index is -0.229. The molecule has 3 nitrogen and oxygen atoms in total. The highest BCUT2D eigenvalue weighted by Crippen LogP contribution is 2.33.